The van der Waals surface area contributed by atoms with Crippen LogP contribution in [-0.4, -0.2) is 28.1 Å². The number of para-hydroxylation sites is 2. The fraction of sp³-hybridized carbons (Fsp3) is 0. The van der Waals surface area contributed by atoms with Gasteiger partial charge in [-0.25, -0.2) is 9.97 Å². The van der Waals surface area contributed by atoms with E-state index in [1.54, 1.807) is 0 Å². The van der Waals surface area contributed by atoms with Gasteiger partial charge in [-0.15, -0.1) is 0 Å². The SMILES string of the molecule is c1ccc(-c2cccc(-n3c4ccccc4c4ccc(-c5nc(-n6c7ccc8c9c7c7c6ccc6c%10ccccc%10n(c%10cccc(c9%10)n8-c8ccc9ccccc9c8)c67)nc6ccc7ccccc7c56)cc43)c2)cc1. The zero-order valence-corrected chi connectivity index (χ0v) is 40.8. The highest BCUT2D eigenvalue weighted by molar-refractivity contribution is 6.38. The minimum absolute atomic E-state index is 0.634. The fourth-order valence-corrected chi connectivity index (χ4v) is 13.5. The monoisotopic (exact) mass is 964 g/mol. The molecule has 0 saturated heterocycles. The van der Waals surface area contributed by atoms with Crippen molar-refractivity contribution in [2.45, 2.75) is 0 Å². The third-order valence-corrected chi connectivity index (χ3v) is 16.6. The van der Waals surface area contributed by atoms with Gasteiger partial charge in [0.15, 0.2) is 0 Å². The van der Waals surface area contributed by atoms with E-state index in [4.69, 9.17) is 9.97 Å². The summed E-state index contributed by atoms with van der Waals surface area (Å²) in [6.07, 6.45) is 0. The summed E-state index contributed by atoms with van der Waals surface area (Å²) < 4.78 is 9.78. The Labute approximate surface area is 433 Å². The van der Waals surface area contributed by atoms with Crippen LogP contribution in [0.3, 0.4) is 0 Å². The Bertz CT molecular complexity index is 5480. The van der Waals surface area contributed by atoms with Crippen LogP contribution in [0.25, 0.3) is 165 Å². The first-order chi connectivity index (χ1) is 37.7. The summed E-state index contributed by atoms with van der Waals surface area (Å²) in [4.78, 5) is 11.5. The van der Waals surface area contributed by atoms with Crippen molar-refractivity contribution in [2.24, 2.45) is 0 Å². The molecule has 76 heavy (non-hydrogen) atoms. The van der Waals surface area contributed by atoms with E-state index < -0.39 is 0 Å². The van der Waals surface area contributed by atoms with Gasteiger partial charge in [0.25, 0.3) is 0 Å². The standard InChI is InChI=1S/C70H40N6/c1-2-14-41(15-3-1)45-19-12-20-47(38-45)73-55-24-10-8-22-50(55)52-32-29-46(40-62(52)73)68-63-49-21-7-6-17-43(49)30-34-54(63)71-70(72-68)76-60-37-36-59-65-64-57(74(59)48-31-28-42-16-4-5-18-44(42)39-48)26-13-27-58(64)75-56-25-11-9-23-51(56)53-33-35-61(76)67(66(60)65)69(53)75/h1-40H. The van der Waals surface area contributed by atoms with Gasteiger partial charge in [0.2, 0.25) is 5.95 Å². The van der Waals surface area contributed by atoms with Crippen LogP contribution in [-0.2, 0) is 0 Å². The third-order valence-electron chi connectivity index (χ3n) is 16.6. The Hall–Kier alpha value is -10.3. The molecule has 6 aromatic heterocycles. The molecule has 0 aliphatic heterocycles. The van der Waals surface area contributed by atoms with Gasteiger partial charge >= 0.3 is 0 Å². The average molecular weight is 965 g/mol. The molecular formula is C70H40N6. The van der Waals surface area contributed by atoms with Crippen LogP contribution in [0, 0.1) is 0 Å². The van der Waals surface area contributed by atoms with Gasteiger partial charge in [-0.2, -0.15) is 0 Å². The molecule has 6 nitrogen and oxygen atoms in total. The lowest BCUT2D eigenvalue weighted by Gasteiger charge is -2.15. The Morgan fingerprint density at radius 2 is 0.855 bits per heavy atom. The van der Waals surface area contributed by atoms with Gasteiger partial charge in [-0.1, -0.05) is 164 Å². The van der Waals surface area contributed by atoms with Crippen molar-refractivity contribution in [1.29, 1.82) is 0 Å². The largest absolute Gasteiger partial charge is 0.309 e. The lowest BCUT2D eigenvalue weighted by atomic mass is 9.99. The lowest BCUT2D eigenvalue weighted by Crippen LogP contribution is -2.04. The van der Waals surface area contributed by atoms with E-state index >= 15 is 0 Å². The second kappa shape index (κ2) is 14.7. The molecule has 0 bridgehead atoms. The molecule has 12 aromatic carbocycles. The Kier molecular flexibility index (Phi) is 7.77. The molecule has 6 heteroatoms. The average Bonchev–Trinajstić information content (AvgIpc) is 4.40. The van der Waals surface area contributed by atoms with Gasteiger partial charge in [-0.3, -0.25) is 4.57 Å². The van der Waals surface area contributed by atoms with Gasteiger partial charge in [0, 0.05) is 65.4 Å². The molecular weight excluding hydrogens is 925 g/mol. The highest BCUT2D eigenvalue weighted by atomic mass is 15.2. The van der Waals surface area contributed by atoms with Crippen molar-refractivity contribution in [2.75, 3.05) is 0 Å². The number of nitrogens with zero attached hydrogens (tertiary/aromatic N) is 6. The van der Waals surface area contributed by atoms with E-state index in [2.05, 4.69) is 261 Å². The van der Waals surface area contributed by atoms with Crippen LogP contribution >= 0.6 is 0 Å². The molecule has 350 valence electrons. The number of fused-ring (bicyclic) bond motifs is 11. The Morgan fingerprint density at radius 3 is 1.74 bits per heavy atom. The summed E-state index contributed by atoms with van der Waals surface area (Å²) in [5.74, 6) is 0.634. The molecule has 18 aromatic rings. The van der Waals surface area contributed by atoms with Crippen molar-refractivity contribution in [3.05, 3.63) is 243 Å². The third kappa shape index (κ3) is 5.24. The van der Waals surface area contributed by atoms with Gasteiger partial charge < -0.3 is 13.5 Å². The van der Waals surface area contributed by atoms with Crippen molar-refractivity contribution in [3.8, 4) is 39.7 Å². The van der Waals surface area contributed by atoms with Crippen molar-refractivity contribution in [3.63, 3.8) is 0 Å². The maximum absolute atomic E-state index is 5.87. The van der Waals surface area contributed by atoms with Gasteiger partial charge in [-0.05, 0) is 112 Å². The molecule has 0 saturated carbocycles. The number of benzene rings is 12. The minimum atomic E-state index is 0.634. The van der Waals surface area contributed by atoms with E-state index in [-0.39, 0.29) is 0 Å². The second-order valence-electron chi connectivity index (χ2n) is 20.5. The summed E-state index contributed by atoms with van der Waals surface area (Å²) in [5, 5.41) is 15.5. The minimum Gasteiger partial charge on any atom is -0.309 e. The van der Waals surface area contributed by atoms with Crippen LogP contribution in [0.15, 0.2) is 243 Å². The molecule has 0 aliphatic rings. The first-order valence-electron chi connectivity index (χ1n) is 26.1. The van der Waals surface area contributed by atoms with Gasteiger partial charge in [0.05, 0.1) is 60.9 Å². The second-order valence-corrected chi connectivity index (χ2v) is 20.5. The quantitative estimate of drug-likeness (QED) is 0.161. The predicted octanol–water partition coefficient (Wildman–Crippen LogP) is 18.0. The van der Waals surface area contributed by atoms with E-state index in [0.717, 1.165) is 66.4 Å². The smallest absolute Gasteiger partial charge is 0.235 e. The molecule has 0 unspecified atom stereocenters. The van der Waals surface area contributed by atoms with Crippen LogP contribution in [0.5, 0.6) is 0 Å². The van der Waals surface area contributed by atoms with Crippen molar-refractivity contribution < 1.29 is 0 Å². The number of hydrogen-bond acceptors (Lipinski definition) is 2. The summed E-state index contributed by atoms with van der Waals surface area (Å²) in [6, 6.07) is 88.8. The summed E-state index contributed by atoms with van der Waals surface area (Å²) in [6.45, 7) is 0. The van der Waals surface area contributed by atoms with E-state index in [9.17, 15) is 0 Å². The molecule has 18 rings (SSSR count). The molecule has 0 fully saturated rings. The highest BCUT2D eigenvalue weighted by Gasteiger charge is 2.29. The lowest BCUT2D eigenvalue weighted by molar-refractivity contribution is 1.01. The van der Waals surface area contributed by atoms with E-state index in [1.165, 1.54) is 92.6 Å². The van der Waals surface area contributed by atoms with E-state index in [0.29, 0.717) is 5.95 Å². The normalized spacial score (nSPS) is 12.5. The summed E-state index contributed by atoms with van der Waals surface area (Å²) >= 11 is 0. The van der Waals surface area contributed by atoms with E-state index in [1.807, 2.05) is 0 Å². The summed E-state index contributed by atoms with van der Waals surface area (Å²) in [5.41, 5.74) is 17.7. The van der Waals surface area contributed by atoms with Crippen LogP contribution < -0.4 is 0 Å². The number of hydrogen-bond donors (Lipinski definition) is 0. The molecule has 0 atom stereocenters. The molecule has 0 aliphatic carbocycles. The molecule has 0 N–H and O–H groups in total. The Morgan fingerprint density at radius 1 is 0.263 bits per heavy atom. The van der Waals surface area contributed by atoms with Crippen LogP contribution in [0.1, 0.15) is 0 Å². The highest BCUT2D eigenvalue weighted by Crippen LogP contribution is 2.50. The van der Waals surface area contributed by atoms with Crippen LogP contribution in [0.4, 0.5) is 0 Å². The molecule has 0 spiro atoms. The molecule has 6 heterocycles. The number of aromatic nitrogens is 6. The number of rotatable bonds is 5. The predicted molar refractivity (Wildman–Crippen MR) is 317 cm³/mol. The molecule has 0 amide bonds. The fourth-order valence-electron chi connectivity index (χ4n) is 13.5. The maximum Gasteiger partial charge on any atom is 0.235 e. The van der Waals surface area contributed by atoms with Crippen molar-refractivity contribution >= 4 is 125 Å². The Balaban J connectivity index is 0.958. The topological polar surface area (TPSA) is 45.0 Å². The maximum atomic E-state index is 5.87. The van der Waals surface area contributed by atoms with Crippen LogP contribution in [0.2, 0.25) is 0 Å². The summed E-state index contributed by atoms with van der Waals surface area (Å²) in [7, 11) is 0. The van der Waals surface area contributed by atoms with Gasteiger partial charge in [0.1, 0.15) is 0 Å². The zero-order chi connectivity index (χ0) is 49.3. The first kappa shape index (κ1) is 40.2. The van der Waals surface area contributed by atoms with Crippen molar-refractivity contribution in [1.82, 2.24) is 28.1 Å². The zero-order valence-electron chi connectivity index (χ0n) is 40.8. The molecule has 0 radical (unpaired) electrons. The first-order valence-corrected chi connectivity index (χ1v) is 26.1.